The number of aromatic hydroxyl groups is 1. The molecule has 0 unspecified atom stereocenters. The van der Waals surface area contributed by atoms with E-state index in [4.69, 9.17) is 9.97 Å². The van der Waals surface area contributed by atoms with E-state index in [1.54, 1.807) is 12.1 Å². The number of aromatic nitrogens is 3. The molecule has 1 aliphatic heterocycles. The molecule has 0 radical (unpaired) electrons. The fourth-order valence-electron chi connectivity index (χ4n) is 3.46. The number of hydrogen-bond donors (Lipinski definition) is 1. The van der Waals surface area contributed by atoms with Crippen LogP contribution in [0.5, 0.6) is 5.75 Å². The van der Waals surface area contributed by atoms with Crippen LogP contribution >= 0.6 is 0 Å². The van der Waals surface area contributed by atoms with Crippen LogP contribution < -0.4 is 0 Å². The third-order valence-electron chi connectivity index (χ3n) is 4.93. The van der Waals surface area contributed by atoms with Gasteiger partial charge in [-0.05, 0) is 36.4 Å². The van der Waals surface area contributed by atoms with Gasteiger partial charge in [0.05, 0.1) is 17.1 Å². The molecule has 4 rings (SSSR count). The number of pyridine rings is 1. The number of phenols is 1. The first-order valence-electron chi connectivity index (χ1n) is 9.41. The van der Waals surface area contributed by atoms with E-state index < -0.39 is 0 Å². The van der Waals surface area contributed by atoms with Gasteiger partial charge in [0, 0.05) is 49.3 Å². The summed E-state index contributed by atoms with van der Waals surface area (Å²) < 4.78 is 0. The summed E-state index contributed by atoms with van der Waals surface area (Å²) in [5, 5.41) is 9.64. The van der Waals surface area contributed by atoms with Crippen LogP contribution in [0, 0.1) is 0 Å². The Hall–Kier alpha value is -2.79. The number of fused-ring (bicyclic) bond motifs is 1. The van der Waals surface area contributed by atoms with Gasteiger partial charge in [-0.25, -0.2) is 9.97 Å². The number of hydrogen-bond acceptors (Lipinski definition) is 5. The monoisotopic (exact) mass is 360 g/mol. The number of phenolic OH excluding ortho intramolecular Hbond substituents is 1. The lowest BCUT2D eigenvalue weighted by atomic mass is 9.98. The van der Waals surface area contributed by atoms with Crippen molar-refractivity contribution in [3.8, 4) is 17.0 Å². The zero-order valence-electron chi connectivity index (χ0n) is 15.8. The van der Waals surface area contributed by atoms with Crippen LogP contribution in [0.4, 0.5) is 0 Å². The summed E-state index contributed by atoms with van der Waals surface area (Å²) in [6.45, 7) is 6.84. The maximum atomic E-state index is 9.64. The van der Waals surface area contributed by atoms with E-state index in [1.807, 2.05) is 30.5 Å². The largest absolute Gasteiger partial charge is 0.508 e. The van der Waals surface area contributed by atoms with Crippen LogP contribution in [-0.2, 0) is 19.5 Å². The van der Waals surface area contributed by atoms with Gasteiger partial charge in [0.1, 0.15) is 11.6 Å². The second-order valence-electron chi connectivity index (χ2n) is 7.34. The van der Waals surface area contributed by atoms with Crippen LogP contribution in [0.15, 0.2) is 48.7 Å². The number of benzene rings is 1. The molecule has 0 spiro atoms. The Morgan fingerprint density at radius 2 is 1.89 bits per heavy atom. The predicted octanol–water partition coefficient (Wildman–Crippen LogP) is 3.93. The molecule has 5 heteroatoms. The van der Waals surface area contributed by atoms with Gasteiger partial charge in [-0.15, -0.1) is 0 Å². The molecule has 5 nitrogen and oxygen atoms in total. The summed E-state index contributed by atoms with van der Waals surface area (Å²) in [4.78, 5) is 16.6. The van der Waals surface area contributed by atoms with Gasteiger partial charge in [0.2, 0.25) is 0 Å². The van der Waals surface area contributed by atoms with Crippen LogP contribution in [-0.4, -0.2) is 31.5 Å². The second-order valence-corrected chi connectivity index (χ2v) is 7.34. The Morgan fingerprint density at radius 1 is 1.07 bits per heavy atom. The van der Waals surface area contributed by atoms with Crippen LogP contribution in [0.25, 0.3) is 11.3 Å². The Labute approximate surface area is 159 Å². The summed E-state index contributed by atoms with van der Waals surface area (Å²) in [5.74, 6) is 1.43. The Bertz CT molecular complexity index is 923. The minimum Gasteiger partial charge on any atom is -0.508 e. The average molecular weight is 360 g/mol. The smallest absolute Gasteiger partial charge is 0.131 e. The molecular formula is C22H24N4O. The van der Waals surface area contributed by atoms with E-state index in [0.29, 0.717) is 0 Å². The molecule has 1 aliphatic rings. The van der Waals surface area contributed by atoms with Gasteiger partial charge >= 0.3 is 0 Å². The van der Waals surface area contributed by atoms with Gasteiger partial charge in [0.15, 0.2) is 0 Å². The fourth-order valence-corrected chi connectivity index (χ4v) is 3.46. The molecule has 3 heterocycles. The van der Waals surface area contributed by atoms with Gasteiger partial charge in [0.25, 0.3) is 0 Å². The third-order valence-corrected chi connectivity index (χ3v) is 4.93. The summed E-state index contributed by atoms with van der Waals surface area (Å²) in [6, 6.07) is 13.3. The molecule has 0 fully saturated rings. The first-order valence-corrected chi connectivity index (χ1v) is 9.41. The topological polar surface area (TPSA) is 62.1 Å². The molecular weight excluding hydrogens is 336 g/mol. The first kappa shape index (κ1) is 17.6. The summed E-state index contributed by atoms with van der Waals surface area (Å²) in [5.41, 5.74) is 5.41. The zero-order chi connectivity index (χ0) is 18.8. The predicted molar refractivity (Wildman–Crippen MR) is 105 cm³/mol. The van der Waals surface area contributed by atoms with E-state index in [1.165, 1.54) is 5.56 Å². The molecule has 0 saturated carbocycles. The molecule has 0 saturated heterocycles. The molecule has 1 N–H and O–H groups in total. The molecule has 0 amide bonds. The van der Waals surface area contributed by atoms with Gasteiger partial charge in [-0.3, -0.25) is 9.88 Å². The van der Waals surface area contributed by atoms with Gasteiger partial charge in [-0.2, -0.15) is 0 Å². The lowest BCUT2D eigenvalue weighted by Gasteiger charge is -2.29. The zero-order valence-corrected chi connectivity index (χ0v) is 15.8. The van der Waals surface area contributed by atoms with Crippen molar-refractivity contribution in [1.82, 2.24) is 19.9 Å². The van der Waals surface area contributed by atoms with E-state index in [9.17, 15) is 5.11 Å². The summed E-state index contributed by atoms with van der Waals surface area (Å²) >= 11 is 0. The molecule has 0 bridgehead atoms. The fraction of sp³-hybridized carbons (Fsp3) is 0.318. The molecule has 0 atom stereocenters. The van der Waals surface area contributed by atoms with E-state index in [0.717, 1.165) is 54.5 Å². The van der Waals surface area contributed by atoms with Crippen molar-refractivity contribution >= 4 is 0 Å². The maximum absolute atomic E-state index is 9.64. The van der Waals surface area contributed by atoms with Crippen molar-refractivity contribution in [2.24, 2.45) is 0 Å². The number of nitrogens with zero attached hydrogens (tertiary/aromatic N) is 4. The van der Waals surface area contributed by atoms with Crippen molar-refractivity contribution in [3.63, 3.8) is 0 Å². The van der Waals surface area contributed by atoms with Crippen molar-refractivity contribution in [1.29, 1.82) is 0 Å². The molecule has 0 aliphatic carbocycles. The average Bonchev–Trinajstić information content (AvgIpc) is 2.68. The van der Waals surface area contributed by atoms with Crippen LogP contribution in [0.1, 0.15) is 42.5 Å². The van der Waals surface area contributed by atoms with E-state index in [2.05, 4.69) is 29.8 Å². The minimum absolute atomic E-state index is 0.266. The Kier molecular flexibility index (Phi) is 4.86. The van der Waals surface area contributed by atoms with E-state index in [-0.39, 0.29) is 11.7 Å². The van der Waals surface area contributed by atoms with Crippen molar-refractivity contribution in [2.75, 3.05) is 6.54 Å². The molecule has 2 aromatic heterocycles. The normalized spacial score (nSPS) is 14.3. The summed E-state index contributed by atoms with van der Waals surface area (Å²) in [6.07, 6.45) is 2.75. The standard InChI is InChI=1S/C22H24N4O/c1-15(2)22-24-20-10-12-26(13-17-5-3-4-11-23-17)14-19(20)21(25-22)16-6-8-18(27)9-7-16/h3-9,11,15,27H,10,12-14H2,1-2H3. The highest BCUT2D eigenvalue weighted by molar-refractivity contribution is 5.65. The Balaban J connectivity index is 1.71. The van der Waals surface area contributed by atoms with Crippen molar-refractivity contribution < 1.29 is 5.11 Å². The SMILES string of the molecule is CC(C)c1nc2c(c(-c3ccc(O)cc3)n1)CN(Cc1ccccn1)CC2. The second kappa shape index (κ2) is 7.45. The minimum atomic E-state index is 0.266. The van der Waals surface area contributed by atoms with Gasteiger partial charge < -0.3 is 5.11 Å². The van der Waals surface area contributed by atoms with Crippen molar-refractivity contribution in [2.45, 2.75) is 39.3 Å². The molecule has 27 heavy (non-hydrogen) atoms. The first-order chi connectivity index (χ1) is 13.1. The number of rotatable bonds is 4. The summed E-state index contributed by atoms with van der Waals surface area (Å²) in [7, 11) is 0. The van der Waals surface area contributed by atoms with Crippen LogP contribution in [0.3, 0.4) is 0 Å². The highest BCUT2D eigenvalue weighted by Crippen LogP contribution is 2.31. The third kappa shape index (κ3) is 3.83. The lowest BCUT2D eigenvalue weighted by Crippen LogP contribution is -2.32. The molecule has 3 aromatic rings. The maximum Gasteiger partial charge on any atom is 0.131 e. The van der Waals surface area contributed by atoms with Gasteiger partial charge in [-0.1, -0.05) is 19.9 Å². The lowest BCUT2D eigenvalue weighted by molar-refractivity contribution is 0.240. The quantitative estimate of drug-likeness (QED) is 0.764. The molecule has 1 aromatic carbocycles. The highest BCUT2D eigenvalue weighted by Gasteiger charge is 2.24. The van der Waals surface area contributed by atoms with Crippen LogP contribution in [0.2, 0.25) is 0 Å². The molecule has 138 valence electrons. The highest BCUT2D eigenvalue weighted by atomic mass is 16.3. The van der Waals surface area contributed by atoms with E-state index >= 15 is 0 Å². The van der Waals surface area contributed by atoms with Crippen molar-refractivity contribution in [3.05, 3.63) is 71.4 Å². The Morgan fingerprint density at radius 3 is 2.59 bits per heavy atom.